The lowest BCUT2D eigenvalue weighted by atomic mass is 10.1. The van der Waals surface area contributed by atoms with Crippen molar-refractivity contribution in [2.45, 2.75) is 6.61 Å². The number of benzene rings is 2. The summed E-state index contributed by atoms with van der Waals surface area (Å²) in [4.78, 5) is 43.0. The van der Waals surface area contributed by atoms with Gasteiger partial charge in [0.1, 0.15) is 18.0 Å². The lowest BCUT2D eigenvalue weighted by Crippen LogP contribution is -2.21. The Morgan fingerprint density at radius 2 is 1.74 bits per heavy atom. The summed E-state index contributed by atoms with van der Waals surface area (Å²) in [6.07, 6.45) is 3.08. The molecule has 0 aliphatic carbocycles. The van der Waals surface area contributed by atoms with E-state index in [9.17, 15) is 14.4 Å². The average Bonchev–Trinajstić information content (AvgIpc) is 2.88. The molecule has 0 atom stereocenters. The summed E-state index contributed by atoms with van der Waals surface area (Å²) in [5, 5.41) is 0.852. The highest BCUT2D eigenvalue weighted by molar-refractivity contribution is 6.04. The van der Waals surface area contributed by atoms with Gasteiger partial charge in [0.25, 0.3) is 11.1 Å². The molecule has 3 heterocycles. The van der Waals surface area contributed by atoms with Crippen molar-refractivity contribution >= 4 is 22.4 Å². The number of hydrogen-bond donors (Lipinski definition) is 0. The van der Waals surface area contributed by atoms with Crippen LogP contribution in [0.4, 0.5) is 0 Å². The quantitative estimate of drug-likeness (QED) is 0.379. The van der Waals surface area contributed by atoms with Crippen LogP contribution in [0.25, 0.3) is 22.1 Å². The van der Waals surface area contributed by atoms with Gasteiger partial charge in [0.15, 0.2) is 0 Å². The molecular weight excluding hydrogens is 434 g/mol. The first-order valence-electron chi connectivity index (χ1n) is 10.5. The van der Waals surface area contributed by atoms with Gasteiger partial charge in [-0.3, -0.25) is 18.6 Å². The van der Waals surface area contributed by atoms with E-state index in [1.807, 2.05) is 0 Å². The molecule has 0 radical (unpaired) electrons. The van der Waals surface area contributed by atoms with E-state index in [1.165, 1.54) is 28.3 Å². The van der Waals surface area contributed by atoms with Crippen molar-refractivity contribution in [3.8, 4) is 11.4 Å². The van der Waals surface area contributed by atoms with Crippen LogP contribution >= 0.6 is 0 Å². The highest BCUT2D eigenvalue weighted by Gasteiger charge is 2.17. The first-order valence-corrected chi connectivity index (χ1v) is 10.5. The molecule has 8 heteroatoms. The van der Waals surface area contributed by atoms with Gasteiger partial charge in [-0.1, -0.05) is 30.3 Å². The van der Waals surface area contributed by atoms with Crippen LogP contribution in [0.5, 0.6) is 5.75 Å². The van der Waals surface area contributed by atoms with Crippen LogP contribution in [0.1, 0.15) is 16.1 Å². The molecule has 0 unspecified atom stereocenters. The molecule has 5 aromatic rings. The highest BCUT2D eigenvalue weighted by Crippen LogP contribution is 2.21. The molecule has 0 saturated heterocycles. The Hall–Kier alpha value is -4.72. The molecular formula is C26H19N3O5. The first-order chi connectivity index (χ1) is 16.5. The van der Waals surface area contributed by atoms with E-state index >= 15 is 0 Å². The van der Waals surface area contributed by atoms with Gasteiger partial charge in [0, 0.05) is 35.3 Å². The van der Waals surface area contributed by atoms with Gasteiger partial charge in [-0.2, -0.15) is 0 Å². The molecule has 168 valence electrons. The van der Waals surface area contributed by atoms with E-state index in [0.717, 1.165) is 0 Å². The largest absolute Gasteiger partial charge is 0.497 e. The maximum Gasteiger partial charge on any atom is 0.340 e. The normalized spacial score (nSPS) is 11.0. The van der Waals surface area contributed by atoms with Gasteiger partial charge >= 0.3 is 5.97 Å². The molecule has 34 heavy (non-hydrogen) atoms. The molecule has 2 aromatic carbocycles. The number of carbonyl (C=O) groups is 1. The van der Waals surface area contributed by atoms with Crippen molar-refractivity contribution < 1.29 is 14.3 Å². The first kappa shape index (κ1) is 21.1. The SMILES string of the molecule is COc1cccc(-n2cc(C(=O)OCc3cc(=O)n4ccccc4n3)c3ccccc3c2=O)c1. The van der Waals surface area contributed by atoms with E-state index in [2.05, 4.69) is 4.98 Å². The fourth-order valence-electron chi connectivity index (χ4n) is 3.80. The van der Waals surface area contributed by atoms with Gasteiger partial charge in [-0.25, -0.2) is 9.78 Å². The summed E-state index contributed by atoms with van der Waals surface area (Å²) < 4.78 is 13.6. The molecule has 0 fully saturated rings. The molecule has 8 nitrogen and oxygen atoms in total. The molecule has 0 saturated carbocycles. The molecule has 0 aliphatic heterocycles. The van der Waals surface area contributed by atoms with Gasteiger partial charge in [0.2, 0.25) is 0 Å². The van der Waals surface area contributed by atoms with Crippen molar-refractivity contribution in [2.75, 3.05) is 7.11 Å². The third kappa shape index (κ3) is 3.81. The third-order valence-corrected chi connectivity index (χ3v) is 5.45. The van der Waals surface area contributed by atoms with Crippen LogP contribution in [-0.2, 0) is 11.3 Å². The second-order valence-corrected chi connectivity index (χ2v) is 7.56. The van der Waals surface area contributed by atoms with Crippen molar-refractivity contribution in [1.29, 1.82) is 0 Å². The van der Waals surface area contributed by atoms with E-state index < -0.39 is 5.97 Å². The van der Waals surface area contributed by atoms with Crippen molar-refractivity contribution in [1.82, 2.24) is 14.0 Å². The summed E-state index contributed by atoms with van der Waals surface area (Å²) in [6, 6.07) is 20.4. The van der Waals surface area contributed by atoms with Gasteiger partial charge < -0.3 is 9.47 Å². The number of carbonyl (C=O) groups excluding carboxylic acids is 1. The monoisotopic (exact) mass is 453 g/mol. The molecule has 0 bridgehead atoms. The number of fused-ring (bicyclic) bond motifs is 2. The molecule has 0 spiro atoms. The van der Waals surface area contributed by atoms with Crippen LogP contribution in [0.3, 0.4) is 0 Å². The Labute approximate surface area is 193 Å². The van der Waals surface area contributed by atoms with E-state index in [1.54, 1.807) is 72.9 Å². The number of hydrogen-bond acceptors (Lipinski definition) is 6. The fraction of sp³-hybridized carbons (Fsp3) is 0.0769. The lowest BCUT2D eigenvalue weighted by molar-refractivity contribution is 0.0469. The minimum atomic E-state index is -0.636. The molecule has 3 aromatic heterocycles. The maximum absolute atomic E-state index is 13.2. The van der Waals surface area contributed by atoms with Crippen LogP contribution in [-0.4, -0.2) is 27.0 Å². The summed E-state index contributed by atoms with van der Waals surface area (Å²) in [5.74, 6) is -0.0572. The zero-order valence-corrected chi connectivity index (χ0v) is 18.2. The smallest absolute Gasteiger partial charge is 0.340 e. The summed E-state index contributed by atoms with van der Waals surface area (Å²) >= 11 is 0. The fourth-order valence-corrected chi connectivity index (χ4v) is 3.80. The van der Waals surface area contributed by atoms with Crippen LogP contribution < -0.4 is 15.9 Å². The number of methoxy groups -OCH3 is 1. The standard InChI is InChI=1S/C26H19N3O5/c1-33-19-8-6-7-18(14-19)29-15-22(20-9-2-3-10-21(20)25(29)31)26(32)34-16-17-13-24(30)28-12-5-4-11-23(28)27-17/h2-15H,16H2,1H3. The Morgan fingerprint density at radius 3 is 2.56 bits per heavy atom. The topological polar surface area (TPSA) is 91.9 Å². The Kier molecular flexibility index (Phi) is 5.39. The lowest BCUT2D eigenvalue weighted by Gasteiger charge is -2.13. The van der Waals surface area contributed by atoms with Gasteiger partial charge in [-0.15, -0.1) is 0 Å². The average molecular weight is 453 g/mol. The Balaban J connectivity index is 1.54. The minimum Gasteiger partial charge on any atom is -0.497 e. The van der Waals surface area contributed by atoms with Gasteiger partial charge in [-0.05, 0) is 30.3 Å². The predicted molar refractivity (Wildman–Crippen MR) is 127 cm³/mol. The number of ether oxygens (including phenoxy) is 2. The van der Waals surface area contributed by atoms with Crippen molar-refractivity contribution in [2.24, 2.45) is 0 Å². The Bertz CT molecular complexity index is 1670. The molecule has 0 N–H and O–H groups in total. The zero-order chi connectivity index (χ0) is 23.7. The van der Waals surface area contributed by atoms with E-state index in [0.29, 0.717) is 33.6 Å². The maximum atomic E-state index is 13.2. The zero-order valence-electron chi connectivity index (χ0n) is 18.2. The predicted octanol–water partition coefficient (Wildman–Crippen LogP) is 3.36. The van der Waals surface area contributed by atoms with E-state index in [-0.39, 0.29) is 23.3 Å². The van der Waals surface area contributed by atoms with Crippen LogP contribution in [0.15, 0.2) is 94.8 Å². The molecule has 0 aliphatic rings. The molecule has 0 amide bonds. The number of esters is 1. The number of rotatable bonds is 5. The van der Waals surface area contributed by atoms with Crippen LogP contribution in [0.2, 0.25) is 0 Å². The van der Waals surface area contributed by atoms with Gasteiger partial charge in [0.05, 0.1) is 24.1 Å². The molecule has 5 rings (SSSR count). The third-order valence-electron chi connectivity index (χ3n) is 5.45. The highest BCUT2D eigenvalue weighted by atomic mass is 16.5. The summed E-state index contributed by atoms with van der Waals surface area (Å²) in [5.41, 5.74) is 1.01. The number of nitrogens with zero attached hydrogens (tertiary/aromatic N) is 3. The second-order valence-electron chi connectivity index (χ2n) is 7.56. The van der Waals surface area contributed by atoms with Crippen molar-refractivity contribution in [3.05, 3.63) is 117 Å². The minimum absolute atomic E-state index is 0.188. The number of aromatic nitrogens is 3. The summed E-state index contributed by atoms with van der Waals surface area (Å²) in [7, 11) is 1.54. The van der Waals surface area contributed by atoms with E-state index in [4.69, 9.17) is 9.47 Å². The Morgan fingerprint density at radius 1 is 0.941 bits per heavy atom. The second kappa shape index (κ2) is 8.67. The van der Waals surface area contributed by atoms with Crippen molar-refractivity contribution in [3.63, 3.8) is 0 Å². The number of pyridine rings is 2. The van der Waals surface area contributed by atoms with Crippen LogP contribution in [0, 0.1) is 0 Å². The summed E-state index contributed by atoms with van der Waals surface area (Å²) in [6.45, 7) is -0.188.